The summed E-state index contributed by atoms with van der Waals surface area (Å²) in [5, 5.41) is 11.7. The van der Waals surface area contributed by atoms with Gasteiger partial charge in [-0.05, 0) is 70.3 Å². The maximum atomic E-state index is 9.60. The summed E-state index contributed by atoms with van der Waals surface area (Å²) >= 11 is 0. The van der Waals surface area contributed by atoms with Crippen LogP contribution in [0.15, 0.2) is 24.4 Å². The molecule has 1 aromatic carbocycles. The van der Waals surface area contributed by atoms with Gasteiger partial charge in [0, 0.05) is 5.39 Å². The highest BCUT2D eigenvalue weighted by molar-refractivity contribution is 5.78. The number of hydrogen-bond acceptors (Lipinski definition) is 4. The predicted octanol–water partition coefficient (Wildman–Crippen LogP) is 2.99. The maximum Gasteiger partial charge on any atom is 0.293 e. The number of fused-ring (bicyclic) bond motifs is 1. The van der Waals surface area contributed by atoms with E-state index < -0.39 is 0 Å². The van der Waals surface area contributed by atoms with E-state index in [4.69, 9.17) is 0 Å². The number of rotatable bonds is 2. The molecule has 120 valence electrons. The van der Waals surface area contributed by atoms with Crippen LogP contribution in [0.25, 0.3) is 10.9 Å². The average molecular weight is 303 g/mol. The molecular formula is C17H25N3O2. The van der Waals surface area contributed by atoms with Crippen molar-refractivity contribution >= 4 is 17.4 Å². The van der Waals surface area contributed by atoms with Gasteiger partial charge in [-0.25, -0.2) is 0 Å². The number of ether oxygens (including phenoxy) is 1. The van der Waals surface area contributed by atoms with E-state index in [1.165, 1.54) is 23.8 Å². The van der Waals surface area contributed by atoms with Gasteiger partial charge in [-0.3, -0.25) is 9.89 Å². The van der Waals surface area contributed by atoms with Gasteiger partial charge in [0.05, 0.1) is 11.7 Å². The van der Waals surface area contributed by atoms with E-state index in [0.29, 0.717) is 6.47 Å². The van der Waals surface area contributed by atoms with Crippen LogP contribution in [0.4, 0.5) is 0 Å². The van der Waals surface area contributed by atoms with Crippen molar-refractivity contribution in [1.29, 1.82) is 0 Å². The molecule has 2 aromatic rings. The average Bonchev–Trinajstić information content (AvgIpc) is 2.95. The van der Waals surface area contributed by atoms with Gasteiger partial charge in [0.25, 0.3) is 6.47 Å². The lowest BCUT2D eigenvalue weighted by molar-refractivity contribution is -0.138. The summed E-state index contributed by atoms with van der Waals surface area (Å²) < 4.78 is 4.55. The minimum absolute atomic E-state index is 0.318. The molecule has 3 rings (SSSR count). The highest BCUT2D eigenvalue weighted by Crippen LogP contribution is 2.27. The van der Waals surface area contributed by atoms with Gasteiger partial charge in [0.15, 0.2) is 0 Å². The molecule has 1 saturated heterocycles. The topological polar surface area (TPSA) is 67.0 Å². The molecule has 1 aromatic heterocycles. The number of piperidine rings is 1. The van der Waals surface area contributed by atoms with Crippen LogP contribution >= 0.6 is 0 Å². The molecule has 1 fully saturated rings. The zero-order chi connectivity index (χ0) is 16.0. The summed E-state index contributed by atoms with van der Waals surface area (Å²) in [6.07, 6.45) is 4.41. The summed E-state index contributed by atoms with van der Waals surface area (Å²) in [6.45, 7) is 8.21. The Morgan fingerprint density at radius 2 is 2.00 bits per heavy atom. The SMILES string of the molecule is CC(C)(C)OC=O.c1cc2[nH]ncc2cc1C1CCNCC1. The lowest BCUT2D eigenvalue weighted by Crippen LogP contribution is -2.26. The Balaban J connectivity index is 0.000000217. The van der Waals surface area contributed by atoms with Gasteiger partial charge in [-0.15, -0.1) is 0 Å². The summed E-state index contributed by atoms with van der Waals surface area (Å²) in [4.78, 5) is 9.60. The maximum absolute atomic E-state index is 9.60. The van der Waals surface area contributed by atoms with Crippen LogP contribution in [-0.4, -0.2) is 35.4 Å². The Kier molecular flexibility index (Phi) is 5.55. The van der Waals surface area contributed by atoms with Crippen molar-refractivity contribution in [1.82, 2.24) is 15.5 Å². The van der Waals surface area contributed by atoms with Crippen molar-refractivity contribution in [3.8, 4) is 0 Å². The van der Waals surface area contributed by atoms with Gasteiger partial charge < -0.3 is 10.1 Å². The molecule has 0 radical (unpaired) electrons. The fourth-order valence-corrected chi connectivity index (χ4v) is 2.51. The normalized spacial score (nSPS) is 16.0. The molecule has 5 nitrogen and oxygen atoms in total. The largest absolute Gasteiger partial charge is 0.462 e. The first-order valence-electron chi connectivity index (χ1n) is 7.75. The first kappa shape index (κ1) is 16.5. The van der Waals surface area contributed by atoms with E-state index in [1.54, 1.807) is 0 Å². The molecule has 0 atom stereocenters. The van der Waals surface area contributed by atoms with Gasteiger partial charge >= 0.3 is 0 Å². The number of hydrogen-bond donors (Lipinski definition) is 2. The highest BCUT2D eigenvalue weighted by atomic mass is 16.5. The fourth-order valence-electron chi connectivity index (χ4n) is 2.51. The van der Waals surface area contributed by atoms with Crippen LogP contribution in [-0.2, 0) is 9.53 Å². The predicted molar refractivity (Wildman–Crippen MR) is 87.8 cm³/mol. The molecule has 0 amide bonds. The third-order valence-corrected chi connectivity index (χ3v) is 3.68. The molecule has 0 aliphatic carbocycles. The number of aromatic nitrogens is 2. The first-order chi connectivity index (χ1) is 10.5. The second kappa shape index (κ2) is 7.40. The van der Waals surface area contributed by atoms with Crippen LogP contribution in [0.2, 0.25) is 0 Å². The van der Waals surface area contributed by atoms with Crippen LogP contribution < -0.4 is 5.32 Å². The molecule has 1 aliphatic heterocycles. The number of H-pyrrole nitrogens is 1. The van der Waals surface area contributed by atoms with Crippen molar-refractivity contribution in [2.45, 2.75) is 45.1 Å². The third-order valence-electron chi connectivity index (χ3n) is 3.68. The number of carbonyl (C=O) groups excluding carboxylic acids is 1. The fraction of sp³-hybridized carbons (Fsp3) is 0.529. The molecule has 22 heavy (non-hydrogen) atoms. The van der Waals surface area contributed by atoms with Crippen LogP contribution in [0.1, 0.15) is 45.1 Å². The smallest absolute Gasteiger partial charge is 0.293 e. The molecule has 5 heteroatoms. The van der Waals surface area contributed by atoms with E-state index in [9.17, 15) is 4.79 Å². The van der Waals surface area contributed by atoms with Gasteiger partial charge in [-0.1, -0.05) is 6.07 Å². The lowest BCUT2D eigenvalue weighted by Gasteiger charge is -2.22. The van der Waals surface area contributed by atoms with Gasteiger partial charge in [0.2, 0.25) is 0 Å². The summed E-state index contributed by atoms with van der Waals surface area (Å²) in [5.41, 5.74) is 2.28. The monoisotopic (exact) mass is 303 g/mol. The van der Waals surface area contributed by atoms with Crippen LogP contribution in [0.5, 0.6) is 0 Å². The quantitative estimate of drug-likeness (QED) is 0.837. The van der Waals surface area contributed by atoms with Crippen molar-refractivity contribution in [3.05, 3.63) is 30.0 Å². The van der Waals surface area contributed by atoms with E-state index in [-0.39, 0.29) is 5.60 Å². The Labute approximate surface area is 131 Å². The highest BCUT2D eigenvalue weighted by Gasteiger charge is 2.15. The molecular weight excluding hydrogens is 278 g/mol. The minimum Gasteiger partial charge on any atom is -0.462 e. The second-order valence-corrected chi connectivity index (χ2v) is 6.57. The molecule has 0 saturated carbocycles. The zero-order valence-electron chi connectivity index (χ0n) is 13.6. The van der Waals surface area contributed by atoms with Gasteiger partial charge in [-0.2, -0.15) is 5.10 Å². The number of aromatic amines is 1. The summed E-state index contributed by atoms with van der Waals surface area (Å²) in [6, 6.07) is 6.64. The summed E-state index contributed by atoms with van der Waals surface area (Å²) in [7, 11) is 0. The molecule has 0 unspecified atom stereocenters. The summed E-state index contributed by atoms with van der Waals surface area (Å²) in [5.74, 6) is 0.727. The van der Waals surface area contributed by atoms with Crippen molar-refractivity contribution in [3.63, 3.8) is 0 Å². The van der Waals surface area contributed by atoms with E-state index >= 15 is 0 Å². The van der Waals surface area contributed by atoms with Crippen molar-refractivity contribution in [2.75, 3.05) is 13.1 Å². The first-order valence-corrected chi connectivity index (χ1v) is 7.75. The molecule has 2 heterocycles. The number of carbonyl (C=O) groups is 1. The second-order valence-electron chi connectivity index (χ2n) is 6.57. The zero-order valence-corrected chi connectivity index (χ0v) is 13.6. The Morgan fingerprint density at radius 3 is 2.59 bits per heavy atom. The molecule has 1 aliphatic rings. The standard InChI is InChI=1S/C12H15N3.C5H10O2/c1-2-12-11(8-14-15-12)7-10(1)9-3-5-13-6-4-9;1-5(2,3)7-4-6/h1-2,7-9,13H,3-6H2,(H,14,15);4H,1-3H3. The van der Waals surface area contributed by atoms with Crippen LogP contribution in [0, 0.1) is 0 Å². The Hall–Kier alpha value is -1.88. The third kappa shape index (κ3) is 4.84. The van der Waals surface area contributed by atoms with E-state index in [1.807, 2.05) is 27.0 Å². The molecule has 0 bridgehead atoms. The van der Waals surface area contributed by atoms with Gasteiger partial charge in [0.1, 0.15) is 5.60 Å². The molecule has 0 spiro atoms. The van der Waals surface area contributed by atoms with E-state index in [0.717, 1.165) is 24.5 Å². The number of nitrogens with one attached hydrogen (secondary N) is 2. The van der Waals surface area contributed by atoms with Crippen molar-refractivity contribution in [2.24, 2.45) is 0 Å². The molecule has 2 N–H and O–H groups in total. The van der Waals surface area contributed by atoms with Crippen molar-refractivity contribution < 1.29 is 9.53 Å². The Bertz CT molecular complexity index is 595. The minimum atomic E-state index is -0.318. The van der Waals surface area contributed by atoms with Crippen LogP contribution in [0.3, 0.4) is 0 Å². The number of nitrogens with zero attached hydrogens (tertiary/aromatic N) is 1. The van der Waals surface area contributed by atoms with E-state index in [2.05, 4.69) is 38.5 Å². The Morgan fingerprint density at radius 1 is 1.27 bits per heavy atom. The lowest BCUT2D eigenvalue weighted by atomic mass is 9.90. The number of benzene rings is 1.